The lowest BCUT2D eigenvalue weighted by Crippen LogP contribution is -2.37. The third kappa shape index (κ3) is 4.34. The number of hydrogen-bond donors (Lipinski definition) is 0. The number of hydrogen-bond acceptors (Lipinski definition) is 4. The summed E-state index contributed by atoms with van der Waals surface area (Å²) in [6.07, 6.45) is 0.303. The number of benzene rings is 2. The van der Waals surface area contributed by atoms with Crippen molar-refractivity contribution in [3.8, 4) is 0 Å². The second-order valence-electron chi connectivity index (χ2n) is 6.19. The van der Waals surface area contributed by atoms with Crippen molar-refractivity contribution in [1.82, 2.24) is 8.61 Å². The quantitative estimate of drug-likeness (QED) is 0.692. The molecule has 0 atom stereocenters. The third-order valence-electron chi connectivity index (χ3n) is 4.38. The Kier molecular flexibility index (Phi) is 6.33. The molecule has 0 amide bonds. The normalized spacial score (nSPS) is 17.4. The molecule has 0 aromatic heterocycles. The van der Waals surface area contributed by atoms with Gasteiger partial charge in [0, 0.05) is 31.2 Å². The molecule has 0 aliphatic carbocycles. The van der Waals surface area contributed by atoms with E-state index in [1.807, 2.05) is 0 Å². The smallest absolute Gasteiger partial charge is 0.207 e. The molecule has 3 rings (SSSR count). The first-order valence-electron chi connectivity index (χ1n) is 8.33. The van der Waals surface area contributed by atoms with Crippen LogP contribution in [0, 0.1) is 5.82 Å². The second kappa shape index (κ2) is 8.25. The highest BCUT2D eigenvalue weighted by atomic mass is 35.5. The molecule has 11 heteroatoms. The first-order valence-corrected chi connectivity index (χ1v) is 12.0. The molecule has 2 aromatic rings. The Labute approximate surface area is 173 Å². The van der Waals surface area contributed by atoms with Crippen LogP contribution in [0.3, 0.4) is 0 Å². The summed E-state index contributed by atoms with van der Waals surface area (Å²) in [4.78, 5) is -0.153. The van der Waals surface area contributed by atoms with E-state index in [1.54, 1.807) is 0 Å². The average molecular weight is 467 g/mol. The van der Waals surface area contributed by atoms with Gasteiger partial charge in [0.15, 0.2) is 0 Å². The predicted molar refractivity (Wildman–Crippen MR) is 105 cm³/mol. The van der Waals surface area contributed by atoms with Crippen molar-refractivity contribution in [1.29, 1.82) is 0 Å². The summed E-state index contributed by atoms with van der Waals surface area (Å²) >= 11 is 11.9. The molecule has 1 saturated heterocycles. The molecule has 0 unspecified atom stereocenters. The average Bonchev–Trinajstić information content (AvgIpc) is 2.91. The minimum atomic E-state index is -3.93. The molecule has 1 aliphatic rings. The lowest BCUT2D eigenvalue weighted by Gasteiger charge is -2.22. The topological polar surface area (TPSA) is 74.8 Å². The van der Waals surface area contributed by atoms with Crippen molar-refractivity contribution in [2.24, 2.45) is 0 Å². The van der Waals surface area contributed by atoms with Crippen LogP contribution in [-0.2, 0) is 20.0 Å². The Balaban J connectivity index is 1.83. The van der Waals surface area contributed by atoms with Gasteiger partial charge in [0.05, 0.1) is 9.92 Å². The van der Waals surface area contributed by atoms with Crippen LogP contribution in [0.2, 0.25) is 10.0 Å². The van der Waals surface area contributed by atoms with Gasteiger partial charge < -0.3 is 0 Å². The van der Waals surface area contributed by atoms with Crippen LogP contribution in [-0.4, -0.2) is 51.6 Å². The molecule has 6 nitrogen and oxygen atoms in total. The van der Waals surface area contributed by atoms with Gasteiger partial charge in [-0.25, -0.2) is 21.2 Å². The van der Waals surface area contributed by atoms with Crippen molar-refractivity contribution in [2.45, 2.75) is 16.2 Å². The summed E-state index contributed by atoms with van der Waals surface area (Å²) in [7, 11) is -7.78. The van der Waals surface area contributed by atoms with Gasteiger partial charge in [-0.15, -0.1) is 0 Å². The summed E-state index contributed by atoms with van der Waals surface area (Å²) in [5.41, 5.74) is 0. The van der Waals surface area contributed by atoms with Gasteiger partial charge in [-0.3, -0.25) is 0 Å². The Morgan fingerprint density at radius 3 is 1.96 bits per heavy atom. The van der Waals surface area contributed by atoms with E-state index in [9.17, 15) is 21.2 Å². The Morgan fingerprint density at radius 2 is 1.36 bits per heavy atom. The Hall–Kier alpha value is -1.23. The molecular weight excluding hydrogens is 450 g/mol. The molecule has 1 aliphatic heterocycles. The molecule has 0 bridgehead atoms. The van der Waals surface area contributed by atoms with Crippen LogP contribution in [0.5, 0.6) is 0 Å². The maximum Gasteiger partial charge on any atom is 0.244 e. The fraction of sp³-hybridized carbons (Fsp3) is 0.294. The van der Waals surface area contributed by atoms with Crippen molar-refractivity contribution >= 4 is 43.2 Å². The van der Waals surface area contributed by atoms with Crippen LogP contribution in [0.25, 0.3) is 0 Å². The Morgan fingerprint density at radius 1 is 0.786 bits per heavy atom. The van der Waals surface area contributed by atoms with E-state index in [0.29, 0.717) is 6.42 Å². The zero-order valence-electron chi connectivity index (χ0n) is 14.6. The summed E-state index contributed by atoms with van der Waals surface area (Å²) in [6, 6.07) is 8.69. The Bertz CT molecular complexity index is 1080. The molecular formula is C17H17Cl2FN2O4S2. The van der Waals surface area contributed by atoms with E-state index in [4.69, 9.17) is 23.2 Å². The van der Waals surface area contributed by atoms with Crippen LogP contribution in [0.1, 0.15) is 6.42 Å². The third-order valence-corrected chi connectivity index (χ3v) is 8.90. The zero-order chi connectivity index (χ0) is 20.5. The molecule has 0 saturated carbocycles. The summed E-state index contributed by atoms with van der Waals surface area (Å²) in [5, 5.41) is 0.280. The summed E-state index contributed by atoms with van der Waals surface area (Å²) < 4.78 is 66.9. The van der Waals surface area contributed by atoms with Crippen LogP contribution in [0.4, 0.5) is 4.39 Å². The lowest BCUT2D eigenvalue weighted by atomic mass is 10.4. The van der Waals surface area contributed by atoms with Gasteiger partial charge in [-0.2, -0.15) is 8.61 Å². The fourth-order valence-corrected chi connectivity index (χ4v) is 6.60. The first kappa shape index (κ1) is 21.5. The van der Waals surface area contributed by atoms with Gasteiger partial charge in [0.1, 0.15) is 10.7 Å². The van der Waals surface area contributed by atoms with Gasteiger partial charge in [-0.05, 0) is 48.9 Å². The molecule has 0 radical (unpaired) electrons. The van der Waals surface area contributed by atoms with Gasteiger partial charge in [-0.1, -0.05) is 23.2 Å². The van der Waals surface area contributed by atoms with Crippen LogP contribution in [0.15, 0.2) is 52.3 Å². The van der Waals surface area contributed by atoms with Gasteiger partial charge in [0.25, 0.3) is 0 Å². The summed E-state index contributed by atoms with van der Waals surface area (Å²) in [5.74, 6) is -0.537. The molecule has 0 spiro atoms. The minimum absolute atomic E-state index is 0.0306. The highest BCUT2D eigenvalue weighted by Gasteiger charge is 2.32. The van der Waals surface area contributed by atoms with Crippen molar-refractivity contribution in [2.75, 3.05) is 26.2 Å². The van der Waals surface area contributed by atoms with Crippen LogP contribution >= 0.6 is 23.2 Å². The van der Waals surface area contributed by atoms with E-state index in [-0.39, 0.29) is 46.0 Å². The lowest BCUT2D eigenvalue weighted by molar-refractivity contribution is 0.404. The minimum Gasteiger partial charge on any atom is -0.207 e. The number of nitrogens with zero attached hydrogens (tertiary/aromatic N) is 2. The van der Waals surface area contributed by atoms with Crippen molar-refractivity contribution in [3.63, 3.8) is 0 Å². The van der Waals surface area contributed by atoms with Crippen LogP contribution < -0.4 is 0 Å². The maximum atomic E-state index is 13.1. The molecule has 1 fully saturated rings. The van der Waals surface area contributed by atoms with Gasteiger partial charge >= 0.3 is 0 Å². The number of sulfonamides is 2. The standard InChI is InChI=1S/C17H17Cl2FN2O4S2/c18-13-2-7-16(19)17(12-13)28(25,26)22-9-1-8-21(10-11-22)27(23,24)15-5-3-14(20)4-6-15/h2-7,12H,1,8-11H2. The van der Waals surface area contributed by atoms with E-state index < -0.39 is 25.9 Å². The largest absolute Gasteiger partial charge is 0.244 e. The molecule has 2 aromatic carbocycles. The van der Waals surface area contributed by atoms with Gasteiger partial charge in [0.2, 0.25) is 20.0 Å². The SMILES string of the molecule is O=S(=O)(c1ccc(F)cc1)N1CCCN(S(=O)(=O)c2cc(Cl)ccc2Cl)CC1. The monoisotopic (exact) mass is 466 g/mol. The van der Waals surface area contributed by atoms with E-state index in [2.05, 4.69) is 0 Å². The fourth-order valence-electron chi connectivity index (χ4n) is 2.92. The predicted octanol–water partition coefficient (Wildman–Crippen LogP) is 3.22. The van der Waals surface area contributed by atoms with Crippen molar-refractivity contribution < 1.29 is 21.2 Å². The maximum absolute atomic E-state index is 13.1. The van der Waals surface area contributed by atoms with E-state index in [0.717, 1.165) is 12.1 Å². The molecule has 152 valence electrons. The van der Waals surface area contributed by atoms with Crippen molar-refractivity contribution in [3.05, 3.63) is 58.3 Å². The van der Waals surface area contributed by atoms with E-state index >= 15 is 0 Å². The number of rotatable bonds is 4. The molecule has 28 heavy (non-hydrogen) atoms. The highest BCUT2D eigenvalue weighted by Crippen LogP contribution is 2.29. The van der Waals surface area contributed by atoms with E-state index in [1.165, 1.54) is 38.9 Å². The summed E-state index contributed by atoms with van der Waals surface area (Å²) in [6.45, 7) is 0.221. The second-order valence-corrected chi connectivity index (χ2v) is 10.9. The first-order chi connectivity index (χ1) is 13.1. The highest BCUT2D eigenvalue weighted by molar-refractivity contribution is 7.89. The molecule has 1 heterocycles. The zero-order valence-corrected chi connectivity index (χ0v) is 17.7. The number of halogens is 3. The molecule has 0 N–H and O–H groups in total.